The van der Waals surface area contributed by atoms with E-state index in [9.17, 15) is 14.4 Å². The highest BCUT2D eigenvalue weighted by molar-refractivity contribution is 5.58. The zero-order chi connectivity index (χ0) is 25.8. The number of methoxy groups -OCH3 is 1. The van der Waals surface area contributed by atoms with Gasteiger partial charge in [0.15, 0.2) is 6.29 Å². The van der Waals surface area contributed by atoms with E-state index in [4.69, 9.17) is 14.2 Å². The molecule has 0 aliphatic carbocycles. The van der Waals surface area contributed by atoms with E-state index in [2.05, 4.69) is 4.98 Å². The van der Waals surface area contributed by atoms with Crippen LogP contribution in [0.5, 0.6) is 5.75 Å². The van der Waals surface area contributed by atoms with Gasteiger partial charge in [0, 0.05) is 18.7 Å². The fraction of sp³-hybridized carbons (Fsp3) is 0.207. The van der Waals surface area contributed by atoms with Crippen LogP contribution in [-0.2, 0) is 19.9 Å². The maximum atomic E-state index is 12.4. The molecule has 3 aromatic carbocycles. The standard InChI is InChI=1S/C29H26N2O6/c1-35-23-14-12-22(13-15-23)29(20-8-4-2-5-9-20,21-10-6-3-7-11-21)37-24-18-27(36-25(24)19-32)31-17-16-26(33)30-28(31)34/h2-17,19,24-25,27H,18H2,1H3,(H,30,33,34)/t24-,25-,27-/m1/s1. The van der Waals surface area contributed by atoms with Crippen LogP contribution in [0.3, 0.4) is 0 Å². The van der Waals surface area contributed by atoms with Gasteiger partial charge in [-0.15, -0.1) is 0 Å². The third kappa shape index (κ3) is 4.64. The van der Waals surface area contributed by atoms with E-state index < -0.39 is 35.3 Å². The SMILES string of the molecule is COc1ccc(C(O[C@@H]2C[C@H](n3ccc(=O)[nH]c3=O)O[C@@H]2C=O)(c2ccccc2)c2ccccc2)cc1. The van der Waals surface area contributed by atoms with Gasteiger partial charge in [-0.05, 0) is 28.8 Å². The van der Waals surface area contributed by atoms with Gasteiger partial charge in [-0.2, -0.15) is 0 Å². The van der Waals surface area contributed by atoms with E-state index in [0.717, 1.165) is 16.7 Å². The fourth-order valence-electron chi connectivity index (χ4n) is 4.83. The molecule has 0 amide bonds. The third-order valence-electron chi connectivity index (χ3n) is 6.60. The molecule has 1 fully saturated rings. The first-order valence-corrected chi connectivity index (χ1v) is 11.9. The number of aldehydes is 1. The highest BCUT2D eigenvalue weighted by atomic mass is 16.6. The minimum atomic E-state index is -1.10. The zero-order valence-corrected chi connectivity index (χ0v) is 20.2. The number of carbonyl (C=O) groups excluding carboxylic acids is 1. The summed E-state index contributed by atoms with van der Waals surface area (Å²) in [7, 11) is 1.61. The van der Waals surface area contributed by atoms with Crippen LogP contribution >= 0.6 is 0 Å². The summed E-state index contributed by atoms with van der Waals surface area (Å²) in [5, 5.41) is 0. The van der Waals surface area contributed by atoms with Crippen molar-refractivity contribution in [3.63, 3.8) is 0 Å². The lowest BCUT2D eigenvalue weighted by atomic mass is 9.79. The van der Waals surface area contributed by atoms with E-state index in [0.29, 0.717) is 12.0 Å². The van der Waals surface area contributed by atoms with E-state index in [1.807, 2.05) is 84.9 Å². The van der Waals surface area contributed by atoms with E-state index in [1.54, 1.807) is 7.11 Å². The minimum absolute atomic E-state index is 0.215. The molecule has 3 atom stereocenters. The van der Waals surface area contributed by atoms with E-state index >= 15 is 0 Å². The van der Waals surface area contributed by atoms with Crippen molar-refractivity contribution in [2.24, 2.45) is 0 Å². The maximum absolute atomic E-state index is 12.4. The number of hydrogen-bond donors (Lipinski definition) is 1. The largest absolute Gasteiger partial charge is 0.497 e. The van der Waals surface area contributed by atoms with Crippen molar-refractivity contribution in [3.8, 4) is 5.75 Å². The van der Waals surface area contributed by atoms with Gasteiger partial charge in [0.2, 0.25) is 0 Å². The van der Waals surface area contributed by atoms with Crippen LogP contribution in [0.2, 0.25) is 0 Å². The summed E-state index contributed by atoms with van der Waals surface area (Å²) in [5.41, 5.74) is 0.330. The number of benzene rings is 3. The number of hydrogen-bond acceptors (Lipinski definition) is 6. The van der Waals surface area contributed by atoms with Gasteiger partial charge in [-0.3, -0.25) is 14.3 Å². The number of nitrogens with zero attached hydrogens (tertiary/aromatic N) is 1. The number of nitrogens with one attached hydrogen (secondary N) is 1. The molecule has 1 aromatic heterocycles. The summed E-state index contributed by atoms with van der Waals surface area (Å²) >= 11 is 0. The summed E-state index contributed by atoms with van der Waals surface area (Å²) in [6.45, 7) is 0. The molecule has 37 heavy (non-hydrogen) atoms. The molecule has 1 aliphatic rings. The van der Waals surface area contributed by atoms with Gasteiger partial charge in [0.25, 0.3) is 5.56 Å². The summed E-state index contributed by atoms with van der Waals surface area (Å²) in [6, 6.07) is 28.4. The highest BCUT2D eigenvalue weighted by Gasteiger charge is 2.46. The number of aromatic amines is 1. The van der Waals surface area contributed by atoms with Crippen LogP contribution in [0, 0.1) is 0 Å². The molecule has 0 bridgehead atoms. The molecule has 0 saturated carbocycles. The predicted molar refractivity (Wildman–Crippen MR) is 137 cm³/mol. The molecule has 8 nitrogen and oxygen atoms in total. The average molecular weight is 499 g/mol. The third-order valence-corrected chi connectivity index (χ3v) is 6.60. The molecule has 2 heterocycles. The molecular weight excluding hydrogens is 472 g/mol. The second-order valence-corrected chi connectivity index (χ2v) is 8.74. The second-order valence-electron chi connectivity index (χ2n) is 8.74. The molecular formula is C29H26N2O6. The van der Waals surface area contributed by atoms with Gasteiger partial charge in [0.05, 0.1) is 13.2 Å². The number of rotatable bonds is 8. The minimum Gasteiger partial charge on any atom is -0.497 e. The van der Waals surface area contributed by atoms with Crippen LogP contribution < -0.4 is 16.0 Å². The molecule has 8 heteroatoms. The Labute approximate surface area is 213 Å². The van der Waals surface area contributed by atoms with Gasteiger partial charge in [0.1, 0.15) is 23.7 Å². The molecule has 188 valence electrons. The zero-order valence-electron chi connectivity index (χ0n) is 20.2. The lowest BCUT2D eigenvalue weighted by Gasteiger charge is -2.38. The van der Waals surface area contributed by atoms with Crippen LogP contribution in [0.4, 0.5) is 0 Å². The van der Waals surface area contributed by atoms with Crippen molar-refractivity contribution in [2.45, 2.75) is 30.5 Å². The normalized spacial score (nSPS) is 19.4. The summed E-state index contributed by atoms with van der Waals surface area (Å²) < 4.78 is 19.6. The average Bonchev–Trinajstić information content (AvgIpc) is 3.35. The van der Waals surface area contributed by atoms with Gasteiger partial charge >= 0.3 is 5.69 Å². The molecule has 1 N–H and O–H groups in total. The number of carbonyl (C=O) groups is 1. The molecule has 4 aromatic rings. The molecule has 1 saturated heterocycles. The fourth-order valence-corrected chi connectivity index (χ4v) is 4.83. The van der Waals surface area contributed by atoms with Crippen molar-refractivity contribution in [1.82, 2.24) is 9.55 Å². The van der Waals surface area contributed by atoms with Crippen molar-refractivity contribution < 1.29 is 19.0 Å². The lowest BCUT2D eigenvalue weighted by molar-refractivity contribution is -0.130. The van der Waals surface area contributed by atoms with Crippen molar-refractivity contribution >= 4 is 6.29 Å². The Morgan fingerprint density at radius 1 is 0.892 bits per heavy atom. The first kappa shape index (κ1) is 24.4. The molecule has 0 unspecified atom stereocenters. The predicted octanol–water partition coefficient (Wildman–Crippen LogP) is 3.41. The van der Waals surface area contributed by atoms with Gasteiger partial charge in [-0.25, -0.2) is 4.79 Å². The van der Waals surface area contributed by atoms with Crippen molar-refractivity contribution in [3.05, 3.63) is 135 Å². The number of aromatic nitrogens is 2. The topological polar surface area (TPSA) is 99.6 Å². The Morgan fingerprint density at radius 2 is 1.49 bits per heavy atom. The Hall–Kier alpha value is -4.27. The first-order valence-electron chi connectivity index (χ1n) is 11.9. The van der Waals surface area contributed by atoms with Crippen LogP contribution in [0.15, 0.2) is 107 Å². The highest BCUT2D eigenvalue weighted by Crippen LogP contribution is 2.44. The number of ether oxygens (including phenoxy) is 3. The summed E-state index contributed by atoms with van der Waals surface area (Å²) in [5.74, 6) is 0.700. The quantitative estimate of drug-likeness (QED) is 0.295. The first-order chi connectivity index (χ1) is 18.0. The van der Waals surface area contributed by atoms with E-state index in [1.165, 1.54) is 16.8 Å². The molecule has 0 spiro atoms. The Balaban J connectivity index is 1.64. The van der Waals surface area contributed by atoms with Crippen LogP contribution in [0.1, 0.15) is 29.3 Å². The summed E-state index contributed by atoms with van der Waals surface area (Å²) in [6.07, 6.45) is -0.160. The maximum Gasteiger partial charge on any atom is 0.330 e. The molecule has 1 aliphatic heterocycles. The Kier molecular flexibility index (Phi) is 6.85. The second kappa shape index (κ2) is 10.4. The molecule has 0 radical (unpaired) electrons. The van der Waals surface area contributed by atoms with Gasteiger partial charge < -0.3 is 19.0 Å². The molecule has 5 rings (SSSR count). The van der Waals surface area contributed by atoms with Crippen molar-refractivity contribution in [2.75, 3.05) is 7.11 Å². The van der Waals surface area contributed by atoms with Crippen LogP contribution in [0.25, 0.3) is 0 Å². The monoisotopic (exact) mass is 498 g/mol. The van der Waals surface area contributed by atoms with Crippen LogP contribution in [-0.4, -0.2) is 35.2 Å². The summed E-state index contributed by atoms with van der Waals surface area (Å²) in [4.78, 5) is 38.3. The van der Waals surface area contributed by atoms with Gasteiger partial charge in [-0.1, -0.05) is 72.8 Å². The lowest BCUT2D eigenvalue weighted by Crippen LogP contribution is -2.40. The number of H-pyrrole nitrogens is 1. The van der Waals surface area contributed by atoms with Crippen molar-refractivity contribution in [1.29, 1.82) is 0 Å². The smallest absolute Gasteiger partial charge is 0.330 e. The van der Waals surface area contributed by atoms with E-state index in [-0.39, 0.29) is 6.42 Å². The Morgan fingerprint density at radius 3 is 2.03 bits per heavy atom. The Bertz CT molecular complexity index is 1420.